The molecule has 5 nitrogen and oxygen atoms in total. The predicted molar refractivity (Wildman–Crippen MR) is 86.1 cm³/mol. The van der Waals surface area contributed by atoms with E-state index in [0.717, 1.165) is 35.9 Å². The smallest absolute Gasteiger partial charge is 0.240 e. The van der Waals surface area contributed by atoms with E-state index in [9.17, 15) is 17.6 Å². The zero-order chi connectivity index (χ0) is 16.8. The van der Waals surface area contributed by atoms with Crippen molar-refractivity contribution in [2.75, 3.05) is 23.7 Å². The Kier molecular flexibility index (Phi) is 7.09. The number of nitrogens with zero attached hydrogens (tertiary/aromatic N) is 1. The molecule has 8 heteroatoms. The van der Waals surface area contributed by atoms with E-state index in [0.29, 0.717) is 6.54 Å². The van der Waals surface area contributed by atoms with E-state index in [2.05, 4.69) is 5.32 Å². The second-order valence-electron chi connectivity index (χ2n) is 4.93. The molecule has 0 radical (unpaired) electrons. The second-order valence-corrected chi connectivity index (χ2v) is 7.24. The molecule has 0 spiro atoms. The number of benzene rings is 1. The van der Waals surface area contributed by atoms with Crippen molar-refractivity contribution in [2.45, 2.75) is 26.2 Å². The zero-order valence-electron chi connectivity index (χ0n) is 12.6. The summed E-state index contributed by atoms with van der Waals surface area (Å²) in [4.78, 5) is 11.9. The summed E-state index contributed by atoms with van der Waals surface area (Å²) in [5, 5.41) is 2.46. The lowest BCUT2D eigenvalue weighted by atomic mass is 10.2. The van der Waals surface area contributed by atoms with Gasteiger partial charge in [0.05, 0.1) is 17.0 Å². The quantitative estimate of drug-likeness (QED) is 0.733. The number of hydrogen-bond acceptors (Lipinski definition) is 3. The van der Waals surface area contributed by atoms with Gasteiger partial charge in [-0.05, 0) is 24.6 Å². The number of halogens is 2. The minimum Gasteiger partial charge on any atom is -0.355 e. The van der Waals surface area contributed by atoms with Crippen LogP contribution in [0.5, 0.6) is 0 Å². The normalized spacial score (nSPS) is 11.3. The molecule has 0 bridgehead atoms. The lowest BCUT2D eigenvalue weighted by Gasteiger charge is -2.22. The summed E-state index contributed by atoms with van der Waals surface area (Å²) < 4.78 is 37.8. The molecular formula is C14H20ClFN2O3S. The van der Waals surface area contributed by atoms with Crippen molar-refractivity contribution < 1.29 is 17.6 Å². The highest BCUT2D eigenvalue weighted by molar-refractivity contribution is 7.92. The Morgan fingerprint density at radius 1 is 1.36 bits per heavy atom. The van der Waals surface area contributed by atoms with Gasteiger partial charge in [-0.2, -0.15) is 0 Å². The van der Waals surface area contributed by atoms with Crippen molar-refractivity contribution >= 4 is 33.2 Å². The first kappa shape index (κ1) is 18.7. The highest BCUT2D eigenvalue weighted by Crippen LogP contribution is 2.24. The van der Waals surface area contributed by atoms with Crippen molar-refractivity contribution in [3.63, 3.8) is 0 Å². The Morgan fingerprint density at radius 2 is 2.05 bits per heavy atom. The van der Waals surface area contributed by atoms with Gasteiger partial charge in [0.25, 0.3) is 0 Å². The predicted octanol–water partition coefficient (Wildman–Crippen LogP) is 2.55. The third kappa shape index (κ3) is 5.81. The summed E-state index contributed by atoms with van der Waals surface area (Å²) in [6, 6.07) is 3.52. The largest absolute Gasteiger partial charge is 0.355 e. The minimum absolute atomic E-state index is 0.151. The summed E-state index contributed by atoms with van der Waals surface area (Å²) in [6.45, 7) is 2.17. The first-order valence-electron chi connectivity index (χ1n) is 6.95. The SMILES string of the molecule is CCCCCNC(=O)CN(c1ccc(F)c(Cl)c1)S(C)(=O)=O. The number of nitrogens with one attached hydrogen (secondary N) is 1. The van der Waals surface area contributed by atoms with Crippen LogP contribution in [0.4, 0.5) is 10.1 Å². The third-order valence-corrected chi connectivity index (χ3v) is 4.41. The maximum atomic E-state index is 13.2. The number of rotatable bonds is 8. The average molecular weight is 351 g/mol. The van der Waals surface area contributed by atoms with Crippen molar-refractivity contribution in [3.8, 4) is 0 Å². The Bertz CT molecular complexity index is 623. The molecule has 1 amide bonds. The number of carbonyl (C=O) groups is 1. The van der Waals surface area contributed by atoms with Gasteiger partial charge in [0.2, 0.25) is 15.9 Å². The molecule has 1 rings (SSSR count). The summed E-state index contributed by atoms with van der Waals surface area (Å²) in [5.74, 6) is -1.06. The molecule has 0 saturated heterocycles. The fraction of sp³-hybridized carbons (Fsp3) is 0.500. The van der Waals surface area contributed by atoms with Crippen molar-refractivity contribution in [1.82, 2.24) is 5.32 Å². The molecule has 22 heavy (non-hydrogen) atoms. The summed E-state index contributed by atoms with van der Waals surface area (Å²) in [7, 11) is -3.69. The molecule has 0 heterocycles. The molecule has 0 saturated carbocycles. The molecule has 0 aromatic heterocycles. The molecule has 1 aromatic carbocycles. The van der Waals surface area contributed by atoms with E-state index in [-0.39, 0.29) is 17.3 Å². The number of amides is 1. The summed E-state index contributed by atoms with van der Waals surface area (Å²) in [6.07, 6.45) is 3.83. The van der Waals surface area contributed by atoms with E-state index >= 15 is 0 Å². The van der Waals surface area contributed by atoms with Crippen LogP contribution < -0.4 is 9.62 Å². The van der Waals surface area contributed by atoms with Crippen LogP contribution in [0, 0.1) is 5.82 Å². The number of sulfonamides is 1. The maximum Gasteiger partial charge on any atom is 0.240 e. The van der Waals surface area contributed by atoms with Gasteiger partial charge in [-0.25, -0.2) is 12.8 Å². The van der Waals surface area contributed by atoms with Crippen LogP contribution >= 0.6 is 11.6 Å². The maximum absolute atomic E-state index is 13.2. The number of unbranched alkanes of at least 4 members (excludes halogenated alkanes) is 2. The Hall–Kier alpha value is -1.34. The highest BCUT2D eigenvalue weighted by Gasteiger charge is 2.21. The molecule has 0 fully saturated rings. The van der Waals surface area contributed by atoms with E-state index in [1.807, 2.05) is 6.92 Å². The third-order valence-electron chi connectivity index (χ3n) is 2.98. The van der Waals surface area contributed by atoms with Gasteiger partial charge < -0.3 is 5.32 Å². The molecule has 1 aromatic rings. The lowest BCUT2D eigenvalue weighted by Crippen LogP contribution is -2.40. The van der Waals surface area contributed by atoms with E-state index < -0.39 is 21.7 Å². The molecule has 124 valence electrons. The Morgan fingerprint density at radius 3 is 2.59 bits per heavy atom. The lowest BCUT2D eigenvalue weighted by molar-refractivity contribution is -0.119. The first-order chi connectivity index (χ1) is 10.3. The fourth-order valence-electron chi connectivity index (χ4n) is 1.83. The van der Waals surface area contributed by atoms with Gasteiger partial charge >= 0.3 is 0 Å². The standard InChI is InChI=1S/C14H20ClFN2O3S/c1-3-4-5-8-17-14(19)10-18(22(2,20)21)11-6-7-13(16)12(15)9-11/h6-7,9H,3-5,8,10H2,1-2H3,(H,17,19). The number of anilines is 1. The van der Waals surface area contributed by atoms with Crippen LogP contribution in [-0.4, -0.2) is 33.7 Å². The van der Waals surface area contributed by atoms with E-state index in [1.165, 1.54) is 12.1 Å². The molecule has 0 unspecified atom stereocenters. The van der Waals surface area contributed by atoms with Crippen LogP contribution in [0.3, 0.4) is 0 Å². The van der Waals surface area contributed by atoms with Gasteiger partial charge in [-0.15, -0.1) is 0 Å². The van der Waals surface area contributed by atoms with Gasteiger partial charge in [0.1, 0.15) is 12.4 Å². The topological polar surface area (TPSA) is 66.5 Å². The van der Waals surface area contributed by atoms with Crippen LogP contribution in [0.1, 0.15) is 26.2 Å². The zero-order valence-corrected chi connectivity index (χ0v) is 14.2. The Labute approximate surface area is 135 Å². The average Bonchev–Trinajstić information content (AvgIpc) is 2.43. The van der Waals surface area contributed by atoms with E-state index in [1.54, 1.807) is 0 Å². The molecule has 0 aliphatic rings. The molecule has 0 aliphatic carbocycles. The molecular weight excluding hydrogens is 331 g/mol. The van der Waals surface area contributed by atoms with Crippen LogP contribution in [-0.2, 0) is 14.8 Å². The first-order valence-corrected chi connectivity index (χ1v) is 9.17. The van der Waals surface area contributed by atoms with Gasteiger partial charge in [0.15, 0.2) is 0 Å². The van der Waals surface area contributed by atoms with E-state index in [4.69, 9.17) is 11.6 Å². The Balaban J connectivity index is 2.82. The summed E-state index contributed by atoms with van der Waals surface area (Å²) >= 11 is 5.67. The number of carbonyl (C=O) groups excluding carboxylic acids is 1. The van der Waals surface area contributed by atoms with Crippen LogP contribution in [0.2, 0.25) is 5.02 Å². The van der Waals surface area contributed by atoms with Crippen molar-refractivity contribution in [2.24, 2.45) is 0 Å². The molecule has 1 N–H and O–H groups in total. The number of hydrogen-bond donors (Lipinski definition) is 1. The highest BCUT2D eigenvalue weighted by atomic mass is 35.5. The van der Waals surface area contributed by atoms with Crippen molar-refractivity contribution in [3.05, 3.63) is 29.0 Å². The minimum atomic E-state index is -3.69. The fourth-order valence-corrected chi connectivity index (χ4v) is 2.85. The van der Waals surface area contributed by atoms with Crippen LogP contribution in [0.15, 0.2) is 18.2 Å². The molecule has 0 atom stereocenters. The van der Waals surface area contributed by atoms with Gasteiger partial charge in [-0.3, -0.25) is 9.10 Å². The van der Waals surface area contributed by atoms with Crippen LogP contribution in [0.25, 0.3) is 0 Å². The van der Waals surface area contributed by atoms with Gasteiger partial charge in [-0.1, -0.05) is 31.4 Å². The van der Waals surface area contributed by atoms with Crippen molar-refractivity contribution in [1.29, 1.82) is 0 Å². The second kappa shape index (κ2) is 8.33. The monoisotopic (exact) mass is 350 g/mol. The summed E-state index contributed by atoms with van der Waals surface area (Å²) in [5.41, 5.74) is 0.151. The molecule has 0 aliphatic heterocycles. The van der Waals surface area contributed by atoms with Gasteiger partial charge in [0, 0.05) is 6.54 Å².